The number of nitrogens with one attached hydrogen (secondary N) is 2. The summed E-state index contributed by atoms with van der Waals surface area (Å²) in [6, 6.07) is 2.54. The molecule has 3 fully saturated rings. The van der Waals surface area contributed by atoms with Crippen molar-refractivity contribution in [1.82, 2.24) is 35.0 Å². The highest BCUT2D eigenvalue weighted by atomic mass is 19.3. The minimum atomic E-state index is -2.72. The number of nitrogens with zero attached hydrogens (tertiary/aromatic N) is 5. The lowest BCUT2D eigenvalue weighted by Gasteiger charge is -2.34. The number of imidazole rings is 1. The lowest BCUT2D eigenvalue weighted by atomic mass is 9.79. The molecule has 0 aliphatic heterocycles. The zero-order chi connectivity index (χ0) is 30.4. The van der Waals surface area contributed by atoms with Gasteiger partial charge in [-0.2, -0.15) is 10.2 Å². The van der Waals surface area contributed by atoms with E-state index >= 15 is 0 Å². The van der Waals surface area contributed by atoms with Crippen LogP contribution < -0.4 is 10.6 Å². The largest absolute Gasteiger partial charge is 0.349 e. The Labute approximate surface area is 246 Å². The first-order valence-corrected chi connectivity index (χ1v) is 15.2. The van der Waals surface area contributed by atoms with Crippen LogP contribution in [0.15, 0.2) is 30.7 Å². The highest BCUT2D eigenvalue weighted by Crippen LogP contribution is 2.45. The number of hydrogen-bond donors (Lipinski definition) is 2. The fourth-order valence-corrected chi connectivity index (χ4v) is 6.44. The van der Waals surface area contributed by atoms with Gasteiger partial charge in [-0.1, -0.05) is 6.92 Å². The predicted octanol–water partition coefficient (Wildman–Crippen LogP) is 5.64. The molecule has 3 aromatic rings. The normalized spacial score (nSPS) is 21.7. The first-order chi connectivity index (χ1) is 20.5. The Kier molecular flexibility index (Phi) is 7.93. The lowest BCUT2D eigenvalue weighted by Crippen LogP contribution is -2.39. The van der Waals surface area contributed by atoms with E-state index in [0.717, 1.165) is 24.8 Å². The molecule has 0 saturated heterocycles. The van der Waals surface area contributed by atoms with E-state index in [1.165, 1.54) is 0 Å². The maximum atomic E-state index is 14.0. The van der Waals surface area contributed by atoms with Gasteiger partial charge in [0.05, 0.1) is 30.2 Å². The SMILES string of the molecule is CCCn1ccc(C(=O)N[C@H](c2cn3ncc([C@H](NC(=O)CC4CC(F)(F)C4)C4CC4)cc3n2)C2CCC(F)(F)CC2)n1. The first kappa shape index (κ1) is 29.6. The number of rotatable bonds is 11. The standard InChI is InChI=1S/C30H37F4N7O2/c1-2-10-40-11-7-22(39-40)28(43)38-27(20-5-8-29(31,32)9-6-20)23-17-41-24(36-23)13-21(16-35-41)26(19-3-4-19)37-25(42)12-18-14-30(33,34)15-18/h7,11,13,16-20,26-27H,2-6,8-10,12,14-15H2,1H3,(H,37,42)(H,38,43)/t26-,27+/m1/s1. The molecule has 2 atom stereocenters. The van der Waals surface area contributed by atoms with E-state index in [0.29, 0.717) is 17.9 Å². The van der Waals surface area contributed by atoms with Crippen LogP contribution in [-0.2, 0) is 11.3 Å². The van der Waals surface area contributed by atoms with Crippen molar-refractivity contribution in [3.8, 4) is 0 Å². The Morgan fingerprint density at radius 2 is 1.74 bits per heavy atom. The molecule has 3 aromatic heterocycles. The Morgan fingerprint density at radius 3 is 2.42 bits per heavy atom. The molecule has 0 unspecified atom stereocenters. The number of alkyl halides is 4. The van der Waals surface area contributed by atoms with Gasteiger partial charge in [0.25, 0.3) is 5.91 Å². The van der Waals surface area contributed by atoms with Gasteiger partial charge < -0.3 is 10.6 Å². The number of carbonyl (C=O) groups is 2. The van der Waals surface area contributed by atoms with E-state index < -0.39 is 23.8 Å². The maximum absolute atomic E-state index is 14.0. The van der Waals surface area contributed by atoms with Crippen LogP contribution >= 0.6 is 0 Å². The Hall–Kier alpha value is -3.51. The number of halogens is 4. The first-order valence-electron chi connectivity index (χ1n) is 15.2. The zero-order valence-corrected chi connectivity index (χ0v) is 24.1. The molecule has 6 rings (SSSR count). The number of hydrogen-bond acceptors (Lipinski definition) is 5. The second-order valence-electron chi connectivity index (χ2n) is 12.6. The smallest absolute Gasteiger partial charge is 0.272 e. The van der Waals surface area contributed by atoms with E-state index in [9.17, 15) is 27.2 Å². The van der Waals surface area contributed by atoms with Crippen molar-refractivity contribution in [2.75, 3.05) is 0 Å². The second kappa shape index (κ2) is 11.5. The van der Waals surface area contributed by atoms with Crippen LogP contribution in [0.1, 0.15) is 105 Å². The lowest BCUT2D eigenvalue weighted by molar-refractivity contribution is -0.134. The highest BCUT2D eigenvalue weighted by Gasteiger charge is 2.46. The van der Waals surface area contributed by atoms with Crippen molar-refractivity contribution in [3.63, 3.8) is 0 Å². The molecule has 0 spiro atoms. The average Bonchev–Trinajstić information content (AvgIpc) is 3.51. The van der Waals surface area contributed by atoms with E-state index in [4.69, 9.17) is 4.98 Å². The summed E-state index contributed by atoms with van der Waals surface area (Å²) in [5.74, 6) is -6.36. The third kappa shape index (κ3) is 6.85. The molecule has 0 aromatic carbocycles. The van der Waals surface area contributed by atoms with Gasteiger partial charge in [0.15, 0.2) is 5.65 Å². The zero-order valence-electron chi connectivity index (χ0n) is 24.1. The summed E-state index contributed by atoms with van der Waals surface area (Å²) < 4.78 is 57.8. The third-order valence-corrected chi connectivity index (χ3v) is 8.94. The fourth-order valence-electron chi connectivity index (χ4n) is 6.44. The van der Waals surface area contributed by atoms with Gasteiger partial charge in [-0.05, 0) is 67.6 Å². The summed E-state index contributed by atoms with van der Waals surface area (Å²) in [5.41, 5.74) is 2.02. The summed E-state index contributed by atoms with van der Waals surface area (Å²) >= 11 is 0. The van der Waals surface area contributed by atoms with Gasteiger partial charge in [-0.15, -0.1) is 0 Å². The van der Waals surface area contributed by atoms with Crippen LogP contribution in [0, 0.1) is 17.8 Å². The van der Waals surface area contributed by atoms with Crippen molar-refractivity contribution >= 4 is 17.5 Å². The van der Waals surface area contributed by atoms with Gasteiger partial charge in [0.1, 0.15) is 5.69 Å². The predicted molar refractivity (Wildman–Crippen MR) is 149 cm³/mol. The molecule has 3 heterocycles. The summed E-state index contributed by atoms with van der Waals surface area (Å²) in [4.78, 5) is 30.7. The van der Waals surface area contributed by atoms with Crippen LogP contribution in [0.3, 0.4) is 0 Å². The summed E-state index contributed by atoms with van der Waals surface area (Å²) in [6.07, 6.45) is 7.35. The van der Waals surface area contributed by atoms with Crippen LogP contribution in [-0.4, -0.2) is 48.0 Å². The van der Waals surface area contributed by atoms with Gasteiger partial charge >= 0.3 is 0 Å². The van der Waals surface area contributed by atoms with Gasteiger partial charge in [-0.25, -0.2) is 27.1 Å². The molecule has 0 radical (unpaired) electrons. The molecule has 3 saturated carbocycles. The molecule has 13 heteroatoms. The van der Waals surface area contributed by atoms with Crippen molar-refractivity contribution in [1.29, 1.82) is 0 Å². The quantitative estimate of drug-likeness (QED) is 0.276. The van der Waals surface area contributed by atoms with Crippen LogP contribution in [0.2, 0.25) is 0 Å². The maximum Gasteiger partial charge on any atom is 0.272 e. The molecule has 3 aliphatic rings. The molecule has 2 amide bonds. The number of aryl methyl sites for hydroxylation is 1. The number of carbonyl (C=O) groups excluding carboxylic acids is 2. The molecule has 2 N–H and O–H groups in total. The van der Waals surface area contributed by atoms with E-state index in [1.807, 2.05) is 13.0 Å². The topological polar surface area (TPSA) is 106 Å². The summed E-state index contributed by atoms with van der Waals surface area (Å²) in [5, 5.41) is 14.9. The number of fused-ring (bicyclic) bond motifs is 1. The van der Waals surface area contributed by atoms with E-state index in [-0.39, 0.29) is 80.3 Å². The van der Waals surface area contributed by atoms with Gasteiger partial charge in [-0.3, -0.25) is 14.3 Å². The third-order valence-electron chi connectivity index (χ3n) is 8.94. The molecule has 0 bridgehead atoms. The molecular weight excluding hydrogens is 566 g/mol. The molecular formula is C30H37F4N7O2. The Balaban J connectivity index is 1.22. The summed E-state index contributed by atoms with van der Waals surface area (Å²) in [7, 11) is 0. The van der Waals surface area contributed by atoms with Gasteiger partial charge in [0.2, 0.25) is 17.8 Å². The monoisotopic (exact) mass is 603 g/mol. The Morgan fingerprint density at radius 1 is 1.02 bits per heavy atom. The molecule has 3 aliphatic carbocycles. The van der Waals surface area contributed by atoms with Crippen molar-refractivity contribution < 1.29 is 27.2 Å². The van der Waals surface area contributed by atoms with Crippen LogP contribution in [0.4, 0.5) is 17.6 Å². The van der Waals surface area contributed by atoms with Crippen molar-refractivity contribution in [2.24, 2.45) is 17.8 Å². The van der Waals surface area contributed by atoms with Crippen LogP contribution in [0.25, 0.3) is 5.65 Å². The number of amides is 2. The van der Waals surface area contributed by atoms with Crippen LogP contribution in [0.5, 0.6) is 0 Å². The van der Waals surface area contributed by atoms with Crippen molar-refractivity contribution in [2.45, 2.75) is 102 Å². The van der Waals surface area contributed by atoms with E-state index in [2.05, 4.69) is 20.8 Å². The fraction of sp³-hybridized carbons (Fsp3) is 0.633. The van der Waals surface area contributed by atoms with Crippen molar-refractivity contribution in [3.05, 3.63) is 47.7 Å². The van der Waals surface area contributed by atoms with E-state index in [1.54, 1.807) is 33.9 Å². The molecule has 232 valence electrons. The average molecular weight is 604 g/mol. The minimum absolute atomic E-state index is 0.0699. The minimum Gasteiger partial charge on any atom is -0.349 e. The highest BCUT2D eigenvalue weighted by molar-refractivity contribution is 5.92. The molecule has 43 heavy (non-hydrogen) atoms. The molecule has 9 nitrogen and oxygen atoms in total. The Bertz CT molecular complexity index is 1470. The van der Waals surface area contributed by atoms with Gasteiger partial charge in [0, 0.05) is 44.8 Å². The number of aromatic nitrogens is 5. The second-order valence-corrected chi connectivity index (χ2v) is 12.6. The summed E-state index contributed by atoms with van der Waals surface area (Å²) in [6.45, 7) is 2.69.